The first-order chi connectivity index (χ1) is 36.0. The molecular weight excluding hydrogens is 937 g/mol. The summed E-state index contributed by atoms with van der Waals surface area (Å²) in [4.78, 5) is 39.1. The van der Waals surface area contributed by atoms with E-state index >= 15 is 0 Å². The maximum atomic E-state index is 13.3. The molecule has 0 spiro atoms. The molecule has 3 aromatic rings. The number of hydrogen-bond donors (Lipinski definition) is 0. The summed E-state index contributed by atoms with van der Waals surface area (Å²) >= 11 is 0. The summed E-state index contributed by atoms with van der Waals surface area (Å²) in [5.74, 6) is 2.16. The summed E-state index contributed by atoms with van der Waals surface area (Å²) in [6, 6.07) is 13.6. The average molecular weight is 1030 g/mol. The van der Waals surface area contributed by atoms with Crippen molar-refractivity contribution in [2.75, 3.05) is 46.2 Å². The standard InChI is InChI=1S/C62H92O12/c1-9-15-20-25-42-66-53-38-30-49(57(68-43-26-21-16-10-2)59(53)70-45-28-23-18-12-4)32-40-55(63)73-51-34-36-52(37-35-51)74-56(64)41-33-50-31-39-54(67-47-48-72-61(65)62(7,8)14-6)60(71-46-29-24-19-13-5)58(50)69-44-27-22-17-11-3/h30-41H,9-29,42-48H2,1-8H3/b40-32+,41-33+. The summed E-state index contributed by atoms with van der Waals surface area (Å²) < 4.78 is 54.9. The summed E-state index contributed by atoms with van der Waals surface area (Å²) in [5, 5.41) is 0. The minimum Gasteiger partial charge on any atom is -0.490 e. The van der Waals surface area contributed by atoms with Crippen molar-refractivity contribution in [3.05, 3.63) is 71.8 Å². The fourth-order valence-corrected chi connectivity index (χ4v) is 7.52. The number of carbonyl (C=O) groups is 3. The summed E-state index contributed by atoms with van der Waals surface area (Å²) in [6.07, 6.45) is 27.6. The van der Waals surface area contributed by atoms with Gasteiger partial charge in [-0.25, -0.2) is 9.59 Å². The Balaban J connectivity index is 1.79. The molecular formula is C62H92O12. The quantitative estimate of drug-likeness (QED) is 0.0231. The number of hydrogen-bond acceptors (Lipinski definition) is 12. The fraction of sp³-hybridized carbons (Fsp3) is 0.597. The number of rotatable bonds is 42. The Kier molecular flexibility index (Phi) is 32.2. The summed E-state index contributed by atoms with van der Waals surface area (Å²) in [6.45, 7) is 19.3. The molecule has 0 heterocycles. The molecule has 0 unspecified atom stereocenters. The van der Waals surface area contributed by atoms with Gasteiger partial charge >= 0.3 is 17.9 Å². The topological polar surface area (TPSA) is 134 Å². The Labute approximate surface area is 445 Å². The van der Waals surface area contributed by atoms with Crippen LogP contribution in [0.4, 0.5) is 0 Å². The van der Waals surface area contributed by atoms with Gasteiger partial charge < -0.3 is 42.6 Å². The van der Waals surface area contributed by atoms with Crippen molar-refractivity contribution in [3.8, 4) is 46.0 Å². The van der Waals surface area contributed by atoms with E-state index in [1.165, 1.54) is 12.2 Å². The molecule has 12 heteroatoms. The third-order valence-electron chi connectivity index (χ3n) is 12.5. The minimum atomic E-state index is -0.619. The Morgan fingerprint density at radius 1 is 0.392 bits per heavy atom. The highest BCUT2D eigenvalue weighted by molar-refractivity contribution is 5.90. The van der Waals surface area contributed by atoms with Gasteiger partial charge in [-0.1, -0.05) is 138 Å². The van der Waals surface area contributed by atoms with Crippen LogP contribution < -0.4 is 37.9 Å². The molecule has 0 aliphatic rings. The zero-order valence-electron chi connectivity index (χ0n) is 46.6. The fourth-order valence-electron chi connectivity index (χ4n) is 7.52. The maximum absolute atomic E-state index is 13.3. The molecule has 0 aliphatic heterocycles. The smallest absolute Gasteiger partial charge is 0.336 e. The normalized spacial score (nSPS) is 11.5. The highest BCUT2D eigenvalue weighted by Crippen LogP contribution is 2.43. The minimum absolute atomic E-state index is 0.0798. The monoisotopic (exact) mass is 1030 g/mol. The Bertz CT molecular complexity index is 2090. The molecule has 3 rings (SSSR count). The molecule has 0 radical (unpaired) electrons. The summed E-state index contributed by atoms with van der Waals surface area (Å²) in [5.41, 5.74) is 0.707. The second-order valence-electron chi connectivity index (χ2n) is 19.4. The molecule has 0 fully saturated rings. The van der Waals surface area contributed by atoms with Gasteiger partial charge in [0, 0.05) is 23.3 Å². The van der Waals surface area contributed by atoms with E-state index in [4.69, 9.17) is 42.6 Å². The van der Waals surface area contributed by atoms with Crippen LogP contribution in [0.15, 0.2) is 60.7 Å². The molecule has 0 bridgehead atoms. The molecule has 0 aromatic heterocycles. The van der Waals surface area contributed by atoms with E-state index in [-0.39, 0.29) is 30.7 Å². The van der Waals surface area contributed by atoms with Gasteiger partial charge in [-0.2, -0.15) is 0 Å². The van der Waals surface area contributed by atoms with E-state index in [9.17, 15) is 14.4 Å². The van der Waals surface area contributed by atoms with Gasteiger partial charge in [-0.3, -0.25) is 4.79 Å². The average Bonchev–Trinajstić information content (AvgIpc) is 3.40. The van der Waals surface area contributed by atoms with Gasteiger partial charge in [0.15, 0.2) is 23.0 Å². The Morgan fingerprint density at radius 2 is 0.730 bits per heavy atom. The molecule has 0 amide bonds. The lowest BCUT2D eigenvalue weighted by atomic mass is 9.91. The number of esters is 3. The number of benzene rings is 3. The van der Waals surface area contributed by atoms with E-state index in [1.54, 1.807) is 48.6 Å². The highest BCUT2D eigenvalue weighted by atomic mass is 16.6. The van der Waals surface area contributed by atoms with Crippen LogP contribution in [0.1, 0.15) is 201 Å². The van der Waals surface area contributed by atoms with Gasteiger partial charge in [0.1, 0.15) is 24.7 Å². The second kappa shape index (κ2) is 38.0. The van der Waals surface area contributed by atoms with Gasteiger partial charge in [0.2, 0.25) is 11.5 Å². The van der Waals surface area contributed by atoms with Gasteiger partial charge in [-0.15, -0.1) is 0 Å². The molecule has 412 valence electrons. The highest BCUT2D eigenvalue weighted by Gasteiger charge is 2.27. The van der Waals surface area contributed by atoms with Gasteiger partial charge in [0.05, 0.1) is 38.4 Å². The van der Waals surface area contributed by atoms with Crippen LogP contribution in [0.2, 0.25) is 0 Å². The van der Waals surface area contributed by atoms with Crippen LogP contribution in [-0.4, -0.2) is 64.2 Å². The molecule has 0 aliphatic carbocycles. The van der Waals surface area contributed by atoms with E-state index in [2.05, 4.69) is 34.6 Å². The number of ether oxygens (including phenoxy) is 9. The predicted octanol–water partition coefficient (Wildman–Crippen LogP) is 16.1. The third-order valence-corrected chi connectivity index (χ3v) is 12.5. The molecule has 0 saturated heterocycles. The molecule has 12 nitrogen and oxygen atoms in total. The van der Waals surface area contributed by atoms with Crippen LogP contribution >= 0.6 is 0 Å². The van der Waals surface area contributed by atoms with Crippen molar-refractivity contribution < 1.29 is 57.0 Å². The zero-order valence-corrected chi connectivity index (χ0v) is 46.6. The summed E-state index contributed by atoms with van der Waals surface area (Å²) in [7, 11) is 0. The lowest BCUT2D eigenvalue weighted by molar-refractivity contribution is -0.154. The lowest BCUT2D eigenvalue weighted by Gasteiger charge is -2.21. The van der Waals surface area contributed by atoms with Crippen molar-refractivity contribution in [1.82, 2.24) is 0 Å². The van der Waals surface area contributed by atoms with Crippen molar-refractivity contribution in [3.63, 3.8) is 0 Å². The SMILES string of the molecule is CCCCCCOc1ccc(/C=C/C(=O)Oc2ccc(OC(=O)/C=C/c3ccc(OCCOC(=O)C(C)(C)CC)c(OCCCCCC)c3OCCCCCC)cc2)c(OCCCCCC)c1OCCCCCC. The van der Waals surface area contributed by atoms with E-state index < -0.39 is 17.4 Å². The third kappa shape index (κ3) is 24.6. The van der Waals surface area contributed by atoms with Crippen LogP contribution in [0.5, 0.6) is 46.0 Å². The van der Waals surface area contributed by atoms with Crippen LogP contribution in [-0.2, 0) is 19.1 Å². The number of carbonyl (C=O) groups excluding carboxylic acids is 3. The molecule has 0 saturated carbocycles. The molecule has 74 heavy (non-hydrogen) atoms. The van der Waals surface area contributed by atoms with E-state index in [0.29, 0.717) is 85.1 Å². The molecule has 3 aromatic carbocycles. The van der Waals surface area contributed by atoms with Crippen molar-refractivity contribution >= 4 is 30.1 Å². The maximum Gasteiger partial charge on any atom is 0.336 e. The zero-order chi connectivity index (χ0) is 53.7. The number of unbranched alkanes of at least 4 members (excludes halogenated alkanes) is 15. The van der Waals surface area contributed by atoms with Gasteiger partial charge in [-0.05, 0) is 113 Å². The first-order valence-electron chi connectivity index (χ1n) is 28.2. The van der Waals surface area contributed by atoms with Gasteiger partial charge in [0.25, 0.3) is 0 Å². The molecule has 0 N–H and O–H groups in total. The Morgan fingerprint density at radius 3 is 1.08 bits per heavy atom. The van der Waals surface area contributed by atoms with Crippen LogP contribution in [0, 0.1) is 5.41 Å². The van der Waals surface area contributed by atoms with Crippen molar-refractivity contribution in [2.45, 2.75) is 190 Å². The van der Waals surface area contributed by atoms with Crippen LogP contribution in [0.3, 0.4) is 0 Å². The second-order valence-corrected chi connectivity index (χ2v) is 19.4. The molecule has 0 atom stereocenters. The van der Waals surface area contributed by atoms with Crippen molar-refractivity contribution in [1.29, 1.82) is 0 Å². The Hall–Kier alpha value is -5.65. The largest absolute Gasteiger partial charge is 0.490 e. The van der Waals surface area contributed by atoms with E-state index in [1.807, 2.05) is 32.9 Å². The van der Waals surface area contributed by atoms with Crippen molar-refractivity contribution in [2.24, 2.45) is 5.41 Å². The predicted molar refractivity (Wildman–Crippen MR) is 297 cm³/mol. The first-order valence-corrected chi connectivity index (χ1v) is 28.2. The first kappa shape index (κ1) is 62.6. The van der Waals surface area contributed by atoms with E-state index in [0.717, 1.165) is 128 Å². The van der Waals surface area contributed by atoms with Crippen LogP contribution in [0.25, 0.3) is 12.2 Å². The lowest BCUT2D eigenvalue weighted by Crippen LogP contribution is -2.27.